The summed E-state index contributed by atoms with van der Waals surface area (Å²) in [5.41, 5.74) is 5.33. The third kappa shape index (κ3) is 4.22. The molecule has 3 nitrogen and oxygen atoms in total. The van der Waals surface area contributed by atoms with Crippen LogP contribution in [0.25, 0.3) is 6.08 Å². The molecule has 3 aliphatic rings. The molecule has 1 aliphatic heterocycles. The number of hydrogen-bond donors (Lipinski definition) is 0. The van der Waals surface area contributed by atoms with Crippen molar-refractivity contribution in [2.24, 2.45) is 5.92 Å². The van der Waals surface area contributed by atoms with E-state index in [2.05, 4.69) is 24.3 Å². The summed E-state index contributed by atoms with van der Waals surface area (Å²) in [6.07, 6.45) is 9.42. The zero-order valence-electron chi connectivity index (χ0n) is 20.0. The molecule has 2 atom stereocenters. The van der Waals surface area contributed by atoms with E-state index in [0.717, 1.165) is 60.0 Å². The Morgan fingerprint density at radius 3 is 2.72 bits per heavy atom. The van der Waals surface area contributed by atoms with Crippen LogP contribution >= 0.6 is 11.6 Å². The van der Waals surface area contributed by atoms with Gasteiger partial charge in [0, 0.05) is 41.0 Å². The Hall–Kier alpha value is -2.76. The molecular weight excluding hydrogens is 480 g/mol. The lowest BCUT2D eigenvalue weighted by atomic mass is 9.84. The number of Topliss-reactive ketones (excluding diaryl/α,β-unsaturated/α-hetero) is 1. The second-order valence-corrected chi connectivity index (χ2v) is 10.8. The van der Waals surface area contributed by atoms with E-state index in [1.807, 2.05) is 16.8 Å². The van der Waals surface area contributed by atoms with E-state index >= 15 is 0 Å². The van der Waals surface area contributed by atoms with Crippen molar-refractivity contribution in [1.29, 1.82) is 0 Å². The molecule has 6 heteroatoms. The number of fused-ring (bicyclic) bond motifs is 3. The van der Waals surface area contributed by atoms with E-state index in [0.29, 0.717) is 25.0 Å². The van der Waals surface area contributed by atoms with E-state index in [1.165, 1.54) is 23.3 Å². The Kier molecular flexibility index (Phi) is 6.09. The highest BCUT2D eigenvalue weighted by Gasteiger charge is 2.42. The van der Waals surface area contributed by atoms with Crippen LogP contribution in [0.2, 0.25) is 0 Å². The number of halogens is 3. The minimum Gasteiger partial charge on any atom is -0.366 e. The van der Waals surface area contributed by atoms with Crippen molar-refractivity contribution >= 4 is 23.5 Å². The predicted molar refractivity (Wildman–Crippen MR) is 136 cm³/mol. The summed E-state index contributed by atoms with van der Waals surface area (Å²) in [7, 11) is 0. The zero-order chi connectivity index (χ0) is 24.9. The summed E-state index contributed by atoms with van der Waals surface area (Å²) < 4.78 is 35.9. The Morgan fingerprint density at radius 1 is 1.08 bits per heavy atom. The lowest BCUT2D eigenvalue weighted by molar-refractivity contribution is -0.0497. The normalized spacial score (nSPS) is 23.2. The first-order valence-electron chi connectivity index (χ1n) is 12.7. The number of ether oxygens (including phenoxy) is 1. The molecule has 2 unspecified atom stereocenters. The molecule has 36 heavy (non-hydrogen) atoms. The quantitative estimate of drug-likeness (QED) is 0.342. The number of benzene rings is 2. The van der Waals surface area contributed by atoms with Gasteiger partial charge in [0.2, 0.25) is 0 Å². The number of ketones is 1. The number of hydrogen-bond acceptors (Lipinski definition) is 2. The van der Waals surface area contributed by atoms with Gasteiger partial charge in [0.25, 0.3) is 0 Å². The van der Waals surface area contributed by atoms with Gasteiger partial charge < -0.3 is 9.30 Å². The summed E-state index contributed by atoms with van der Waals surface area (Å²) in [4.78, 5) is 13.9. The van der Waals surface area contributed by atoms with Crippen LogP contribution in [0, 0.1) is 17.6 Å². The molecule has 2 heterocycles. The highest BCUT2D eigenvalue weighted by Crippen LogP contribution is 2.47. The van der Waals surface area contributed by atoms with Crippen molar-refractivity contribution in [3.05, 3.63) is 98.8 Å². The van der Waals surface area contributed by atoms with Gasteiger partial charge in [-0.05, 0) is 85.4 Å². The monoisotopic (exact) mass is 507 g/mol. The standard InChI is InChI=1S/C30H28ClF2NO2/c31-22-7-8-25-26(17-34(28(25)14-22)16-19-12-23(32)15-24(33)13-19)29(35)20-5-3-10-30(11-9-20)27-6-2-1-4-21(27)18-36-30/h1-2,4,6,12-15,17,20H,3,5,7-11,16,18H2. The second kappa shape index (κ2) is 9.28. The first kappa shape index (κ1) is 23.6. The topological polar surface area (TPSA) is 31.2 Å². The van der Waals surface area contributed by atoms with Gasteiger partial charge in [-0.3, -0.25) is 4.79 Å². The number of nitrogens with zero attached hydrogens (tertiary/aromatic N) is 1. The minimum atomic E-state index is -0.612. The minimum absolute atomic E-state index is 0.0753. The molecule has 0 N–H and O–H groups in total. The molecule has 0 bridgehead atoms. The Balaban J connectivity index is 1.28. The smallest absolute Gasteiger partial charge is 0.167 e. The molecular formula is C30H28ClF2NO2. The molecule has 0 amide bonds. The van der Waals surface area contributed by atoms with Crippen LogP contribution in [-0.4, -0.2) is 10.4 Å². The van der Waals surface area contributed by atoms with Gasteiger partial charge in [0.1, 0.15) is 11.6 Å². The Morgan fingerprint density at radius 2 is 1.89 bits per heavy atom. The van der Waals surface area contributed by atoms with Crippen molar-refractivity contribution in [3.8, 4) is 0 Å². The fourth-order valence-corrected chi connectivity index (χ4v) is 6.54. The molecule has 2 aliphatic carbocycles. The van der Waals surface area contributed by atoms with Gasteiger partial charge in [0.15, 0.2) is 5.78 Å². The van der Waals surface area contributed by atoms with Crippen LogP contribution in [0.5, 0.6) is 0 Å². The van der Waals surface area contributed by atoms with Crippen LogP contribution in [0.3, 0.4) is 0 Å². The highest BCUT2D eigenvalue weighted by atomic mass is 35.5. The van der Waals surface area contributed by atoms with E-state index in [9.17, 15) is 13.6 Å². The molecule has 1 saturated carbocycles. The molecule has 1 aromatic heterocycles. The third-order valence-corrected chi connectivity index (χ3v) is 8.39. The maximum atomic E-state index is 13.9. The average Bonchev–Trinajstić information content (AvgIpc) is 3.29. The van der Waals surface area contributed by atoms with Gasteiger partial charge in [-0.25, -0.2) is 8.78 Å². The fraction of sp³-hybridized carbons (Fsp3) is 0.367. The van der Waals surface area contributed by atoms with Crippen molar-refractivity contribution in [1.82, 2.24) is 4.57 Å². The number of aromatic nitrogens is 1. The summed E-state index contributed by atoms with van der Waals surface area (Å²) >= 11 is 6.37. The maximum Gasteiger partial charge on any atom is 0.167 e. The van der Waals surface area contributed by atoms with E-state index < -0.39 is 11.6 Å². The van der Waals surface area contributed by atoms with Crippen LogP contribution in [0.1, 0.15) is 76.8 Å². The lowest BCUT2D eigenvalue weighted by Crippen LogP contribution is -2.25. The van der Waals surface area contributed by atoms with Crippen LogP contribution in [0.4, 0.5) is 8.78 Å². The summed E-state index contributed by atoms with van der Waals surface area (Å²) in [6, 6.07) is 12.0. The molecule has 186 valence electrons. The molecule has 0 radical (unpaired) electrons. The summed E-state index contributed by atoms with van der Waals surface area (Å²) in [5, 5.41) is 0.722. The summed E-state index contributed by atoms with van der Waals surface area (Å²) in [5.74, 6) is -1.14. The zero-order valence-corrected chi connectivity index (χ0v) is 20.8. The first-order valence-corrected chi connectivity index (χ1v) is 13.1. The molecule has 0 saturated heterocycles. The predicted octanol–water partition coefficient (Wildman–Crippen LogP) is 7.53. The molecule has 1 fully saturated rings. The van der Waals surface area contributed by atoms with E-state index in [1.54, 1.807) is 0 Å². The molecule has 1 spiro atoms. The lowest BCUT2D eigenvalue weighted by Gasteiger charge is -2.28. The molecule has 2 aromatic carbocycles. The van der Waals surface area contributed by atoms with E-state index in [-0.39, 0.29) is 23.8 Å². The summed E-state index contributed by atoms with van der Waals surface area (Å²) in [6.45, 7) is 0.905. The van der Waals surface area contributed by atoms with Gasteiger partial charge in [-0.2, -0.15) is 0 Å². The highest BCUT2D eigenvalue weighted by molar-refractivity contribution is 6.31. The maximum absolute atomic E-state index is 13.9. The van der Waals surface area contributed by atoms with Gasteiger partial charge in [-0.15, -0.1) is 0 Å². The van der Waals surface area contributed by atoms with Gasteiger partial charge >= 0.3 is 0 Å². The largest absolute Gasteiger partial charge is 0.366 e. The molecule has 6 rings (SSSR count). The SMILES string of the molecule is O=C(c1cn(Cc2cc(F)cc(F)c2)c2c1CCC(Cl)=C2)C1CCCC2(CC1)OCc1ccccc12. The Labute approximate surface area is 214 Å². The van der Waals surface area contributed by atoms with E-state index in [4.69, 9.17) is 16.3 Å². The third-order valence-electron chi connectivity index (χ3n) is 8.09. The number of allylic oxidation sites excluding steroid dienone is 1. The van der Waals surface area contributed by atoms with Gasteiger partial charge in [0.05, 0.1) is 12.2 Å². The van der Waals surface area contributed by atoms with Crippen LogP contribution in [-0.2, 0) is 29.9 Å². The fourth-order valence-electron chi connectivity index (χ4n) is 6.35. The molecule has 3 aromatic rings. The number of rotatable bonds is 4. The number of carbonyl (C=O) groups is 1. The second-order valence-electron chi connectivity index (χ2n) is 10.3. The van der Waals surface area contributed by atoms with Crippen molar-refractivity contribution in [2.75, 3.05) is 0 Å². The first-order chi connectivity index (χ1) is 17.4. The number of carbonyl (C=O) groups excluding carboxylic acids is 1. The van der Waals surface area contributed by atoms with Gasteiger partial charge in [-0.1, -0.05) is 35.9 Å². The van der Waals surface area contributed by atoms with Crippen molar-refractivity contribution in [2.45, 2.75) is 63.7 Å². The average molecular weight is 508 g/mol. The van der Waals surface area contributed by atoms with Crippen LogP contribution < -0.4 is 0 Å². The van der Waals surface area contributed by atoms with Crippen molar-refractivity contribution in [3.63, 3.8) is 0 Å². The van der Waals surface area contributed by atoms with Crippen LogP contribution in [0.15, 0.2) is 53.7 Å². The Bertz CT molecular complexity index is 1360. The van der Waals surface area contributed by atoms with Crippen molar-refractivity contribution < 1.29 is 18.3 Å².